The molecule has 0 atom stereocenters. The fourth-order valence-corrected chi connectivity index (χ4v) is 6.30. The van der Waals surface area contributed by atoms with Crippen molar-refractivity contribution in [3.8, 4) is 23.6 Å². The molecule has 0 amide bonds. The molecule has 0 bridgehead atoms. The third-order valence-corrected chi connectivity index (χ3v) is 8.12. The molecule has 2 rings (SSSR count). The minimum Gasteiger partial charge on any atom is -0.493 e. The third kappa shape index (κ3) is 8.81. The van der Waals surface area contributed by atoms with Crippen molar-refractivity contribution in [1.29, 1.82) is 10.5 Å². The molecule has 4 N–H and O–H groups in total. The molecule has 0 aliphatic carbocycles. The first-order valence-corrected chi connectivity index (χ1v) is 14.1. The molecule has 38 heavy (non-hydrogen) atoms. The molecule has 13 nitrogen and oxygen atoms in total. The van der Waals surface area contributed by atoms with Crippen molar-refractivity contribution >= 4 is 26.1 Å². The summed E-state index contributed by atoms with van der Waals surface area (Å²) in [6.07, 6.45) is 0.156. The Hall–Kier alpha value is -4.05. The molecule has 0 saturated heterocycles. The van der Waals surface area contributed by atoms with Crippen LogP contribution in [0, 0.1) is 29.6 Å². The molecule has 0 fully saturated rings. The Balaban J connectivity index is 2.29. The van der Waals surface area contributed by atoms with Gasteiger partial charge in [0.15, 0.2) is 0 Å². The Morgan fingerprint density at radius 2 is 1.55 bits per heavy atom. The summed E-state index contributed by atoms with van der Waals surface area (Å²) in [6, 6.07) is 13.1. The number of ether oxygens (including phenoxy) is 1. The quantitative estimate of drug-likeness (QED) is 0.104. The molecule has 0 aliphatic heterocycles. The number of aryl methyl sites for hydroxylation is 1. The molecule has 0 unspecified atom stereocenters. The predicted molar refractivity (Wildman–Crippen MR) is 137 cm³/mol. The molecular formula is C23H28N6O7S2. The number of nitriles is 2. The van der Waals surface area contributed by atoms with Gasteiger partial charge in [-0.05, 0) is 41.9 Å². The average molecular weight is 565 g/mol. The van der Waals surface area contributed by atoms with Crippen molar-refractivity contribution in [2.24, 2.45) is 16.6 Å². The van der Waals surface area contributed by atoms with Crippen LogP contribution in [0.4, 0.5) is 0 Å². The van der Waals surface area contributed by atoms with Gasteiger partial charge < -0.3 is 25.2 Å². The van der Waals surface area contributed by atoms with Crippen molar-refractivity contribution in [2.75, 3.05) is 26.3 Å². The Kier molecular flexibility index (Phi) is 11.1. The van der Waals surface area contributed by atoms with E-state index in [1.54, 1.807) is 13.0 Å². The fraction of sp³-hybridized carbons (Fsp3) is 0.348. The average Bonchev–Trinajstić information content (AvgIpc) is 2.85. The number of sulfonamides is 1. The molecule has 0 spiro atoms. The summed E-state index contributed by atoms with van der Waals surface area (Å²) in [4.78, 5) is 3.75. The summed E-state index contributed by atoms with van der Waals surface area (Å²) in [7, 11) is -9.01. The number of guanidine groups is 1. The monoisotopic (exact) mass is 564 g/mol. The maximum Gasteiger partial charge on any atom is 0.340 e. The molecule has 2 aromatic rings. The van der Waals surface area contributed by atoms with Gasteiger partial charge in [-0.25, -0.2) is 8.42 Å². The van der Waals surface area contributed by atoms with Crippen LogP contribution in [0.25, 0.3) is 0 Å². The lowest BCUT2D eigenvalue weighted by Crippen LogP contribution is -2.34. The number of nitrogens with two attached hydrogens (primary N) is 2. The SMILES string of the molecule is Cc1cc(OCCCON=C(N)N)cc(OS(=O)(=O)c2ccccc2S(=O)(=O)N(CCC#N)CCC#N)c1. The lowest BCUT2D eigenvalue weighted by Gasteiger charge is -2.21. The number of nitrogens with zero attached hydrogens (tertiary/aromatic N) is 4. The summed E-state index contributed by atoms with van der Waals surface area (Å²) in [6.45, 7) is 1.69. The summed E-state index contributed by atoms with van der Waals surface area (Å²) < 4.78 is 65.0. The van der Waals surface area contributed by atoms with E-state index in [0.717, 1.165) is 16.4 Å². The first-order chi connectivity index (χ1) is 18.0. The Bertz CT molecular complexity index is 1410. The first-order valence-electron chi connectivity index (χ1n) is 11.2. The van der Waals surface area contributed by atoms with Crippen LogP contribution in [0.3, 0.4) is 0 Å². The van der Waals surface area contributed by atoms with Gasteiger partial charge in [0.2, 0.25) is 16.0 Å². The molecule has 15 heteroatoms. The van der Waals surface area contributed by atoms with Crippen molar-refractivity contribution in [2.45, 2.75) is 36.0 Å². The normalized spacial score (nSPS) is 11.3. The zero-order chi connectivity index (χ0) is 28.2. The van der Waals surface area contributed by atoms with Gasteiger partial charge in [-0.3, -0.25) is 0 Å². The number of oxime groups is 1. The van der Waals surface area contributed by atoms with E-state index < -0.39 is 29.9 Å². The largest absolute Gasteiger partial charge is 0.493 e. The molecule has 204 valence electrons. The van der Waals surface area contributed by atoms with E-state index in [2.05, 4.69) is 5.16 Å². The Labute approximate surface area is 222 Å². The summed E-state index contributed by atoms with van der Waals surface area (Å²) in [5.74, 6) is 0.0194. The van der Waals surface area contributed by atoms with Gasteiger partial charge in [0, 0.05) is 38.4 Å². The van der Waals surface area contributed by atoms with Gasteiger partial charge in [0.25, 0.3) is 0 Å². The zero-order valence-electron chi connectivity index (χ0n) is 20.6. The number of hydrogen-bond donors (Lipinski definition) is 2. The maximum absolute atomic E-state index is 13.3. The topological polar surface area (TPSA) is 211 Å². The summed E-state index contributed by atoms with van der Waals surface area (Å²) in [5, 5.41) is 21.2. The maximum atomic E-state index is 13.3. The first kappa shape index (κ1) is 30.2. The number of benzene rings is 2. The van der Waals surface area contributed by atoms with Gasteiger partial charge in [0.05, 0.1) is 18.7 Å². The second-order valence-electron chi connectivity index (χ2n) is 7.74. The lowest BCUT2D eigenvalue weighted by atomic mass is 10.2. The highest BCUT2D eigenvalue weighted by molar-refractivity contribution is 7.91. The van der Waals surface area contributed by atoms with E-state index in [4.69, 9.17) is 35.7 Å². The van der Waals surface area contributed by atoms with Crippen molar-refractivity contribution in [1.82, 2.24) is 4.31 Å². The van der Waals surface area contributed by atoms with Crippen LogP contribution in [0.15, 0.2) is 57.4 Å². The smallest absolute Gasteiger partial charge is 0.340 e. The number of hydrogen-bond acceptors (Lipinski definition) is 10. The van der Waals surface area contributed by atoms with Gasteiger partial charge in [0.1, 0.15) is 27.9 Å². The van der Waals surface area contributed by atoms with Crippen LogP contribution >= 0.6 is 0 Å². The van der Waals surface area contributed by atoms with Gasteiger partial charge in [-0.15, -0.1) is 0 Å². The number of rotatable bonds is 15. The molecule has 0 saturated carbocycles. The molecule has 0 radical (unpaired) electrons. The van der Waals surface area contributed by atoms with Crippen LogP contribution in [-0.2, 0) is 25.0 Å². The molecule has 0 aromatic heterocycles. The predicted octanol–water partition coefficient (Wildman–Crippen LogP) is 1.55. The van der Waals surface area contributed by atoms with Crippen LogP contribution < -0.4 is 20.4 Å². The summed E-state index contributed by atoms with van der Waals surface area (Å²) >= 11 is 0. The van der Waals surface area contributed by atoms with Crippen LogP contribution in [0.5, 0.6) is 11.5 Å². The van der Waals surface area contributed by atoms with Crippen molar-refractivity contribution < 1.29 is 30.6 Å². The van der Waals surface area contributed by atoms with Crippen molar-refractivity contribution in [3.05, 3.63) is 48.0 Å². The van der Waals surface area contributed by atoms with E-state index in [-0.39, 0.29) is 50.9 Å². The second kappa shape index (κ2) is 14.0. The van der Waals surface area contributed by atoms with Gasteiger partial charge >= 0.3 is 10.1 Å². The van der Waals surface area contributed by atoms with Crippen LogP contribution in [-0.4, -0.2) is 53.4 Å². The zero-order valence-corrected chi connectivity index (χ0v) is 22.2. The fourth-order valence-electron chi connectivity index (χ4n) is 3.16. The summed E-state index contributed by atoms with van der Waals surface area (Å²) in [5.41, 5.74) is 10.9. The highest BCUT2D eigenvalue weighted by Gasteiger charge is 2.32. The van der Waals surface area contributed by atoms with E-state index in [1.807, 2.05) is 12.1 Å². The molecule has 2 aromatic carbocycles. The second-order valence-corrected chi connectivity index (χ2v) is 11.2. The van der Waals surface area contributed by atoms with E-state index in [0.29, 0.717) is 17.7 Å². The Morgan fingerprint density at radius 1 is 0.947 bits per heavy atom. The van der Waals surface area contributed by atoms with Crippen LogP contribution in [0.1, 0.15) is 24.8 Å². The van der Waals surface area contributed by atoms with Crippen molar-refractivity contribution in [3.63, 3.8) is 0 Å². The van der Waals surface area contributed by atoms with Gasteiger partial charge in [-0.1, -0.05) is 12.1 Å². The van der Waals surface area contributed by atoms with E-state index >= 15 is 0 Å². The van der Waals surface area contributed by atoms with E-state index in [1.165, 1.54) is 24.3 Å². The third-order valence-electron chi connectivity index (χ3n) is 4.73. The standard InChI is InChI=1S/C23H28N6O7S2/c1-18-15-19(34-13-6-14-35-28-23(26)27)17-20(16-18)36-38(32,33)22-8-3-2-7-21(22)37(30,31)29(11-4-9-24)12-5-10-25/h2-3,7-8,15-17H,4-6,11-14H2,1H3,(H4,26,27,28). The molecule has 0 aliphatic rings. The van der Waals surface area contributed by atoms with E-state index in [9.17, 15) is 16.8 Å². The van der Waals surface area contributed by atoms with Crippen LogP contribution in [0.2, 0.25) is 0 Å². The molecule has 0 heterocycles. The minimum atomic E-state index is -4.63. The molecular weight excluding hydrogens is 536 g/mol. The highest BCUT2D eigenvalue weighted by Crippen LogP contribution is 2.29. The highest BCUT2D eigenvalue weighted by atomic mass is 32.2. The Morgan fingerprint density at radius 3 is 2.16 bits per heavy atom. The minimum absolute atomic E-state index is 0.0882. The van der Waals surface area contributed by atoms with Gasteiger partial charge in [-0.2, -0.15) is 23.2 Å². The lowest BCUT2D eigenvalue weighted by molar-refractivity contribution is 0.127.